The second-order valence-electron chi connectivity index (χ2n) is 6.56. The SMILES string of the molecule is CCNC(=NCc1ccc(OCC2CC2)nc1)NCc1nc(C)c(C)o1.I. The van der Waals surface area contributed by atoms with E-state index in [-0.39, 0.29) is 24.0 Å². The second kappa shape index (κ2) is 10.5. The lowest BCUT2D eigenvalue weighted by Gasteiger charge is -2.10. The third-order valence-corrected chi connectivity index (χ3v) is 4.21. The van der Waals surface area contributed by atoms with Crippen LogP contribution in [0, 0.1) is 19.8 Å². The third-order valence-electron chi connectivity index (χ3n) is 4.21. The smallest absolute Gasteiger partial charge is 0.214 e. The first-order chi connectivity index (χ1) is 12.6. The Morgan fingerprint density at radius 2 is 2.11 bits per heavy atom. The van der Waals surface area contributed by atoms with Crippen molar-refractivity contribution >= 4 is 29.9 Å². The van der Waals surface area contributed by atoms with E-state index in [4.69, 9.17) is 9.15 Å². The minimum Gasteiger partial charge on any atom is -0.477 e. The Labute approximate surface area is 177 Å². The minimum absolute atomic E-state index is 0. The van der Waals surface area contributed by atoms with Crippen LogP contribution in [0.1, 0.15) is 42.7 Å². The number of aromatic nitrogens is 2. The summed E-state index contributed by atoms with van der Waals surface area (Å²) in [5.74, 6) is 3.63. The van der Waals surface area contributed by atoms with Crippen LogP contribution >= 0.6 is 24.0 Å². The van der Waals surface area contributed by atoms with Gasteiger partial charge in [-0.1, -0.05) is 6.07 Å². The molecule has 2 heterocycles. The van der Waals surface area contributed by atoms with E-state index in [1.807, 2.05) is 39.1 Å². The second-order valence-corrected chi connectivity index (χ2v) is 6.56. The van der Waals surface area contributed by atoms with Gasteiger partial charge in [0.05, 0.1) is 25.4 Å². The molecule has 0 radical (unpaired) electrons. The summed E-state index contributed by atoms with van der Waals surface area (Å²) in [5.41, 5.74) is 1.95. The molecule has 7 nitrogen and oxygen atoms in total. The summed E-state index contributed by atoms with van der Waals surface area (Å²) in [6, 6.07) is 3.91. The van der Waals surface area contributed by atoms with Gasteiger partial charge in [0.2, 0.25) is 11.8 Å². The summed E-state index contributed by atoms with van der Waals surface area (Å²) in [7, 11) is 0. The highest BCUT2D eigenvalue weighted by atomic mass is 127. The predicted octanol–water partition coefficient (Wildman–Crippen LogP) is 3.35. The average molecular weight is 485 g/mol. The molecule has 0 amide bonds. The van der Waals surface area contributed by atoms with Crippen LogP contribution in [0.15, 0.2) is 27.7 Å². The largest absolute Gasteiger partial charge is 0.477 e. The van der Waals surface area contributed by atoms with Crippen LogP contribution < -0.4 is 15.4 Å². The van der Waals surface area contributed by atoms with E-state index >= 15 is 0 Å². The molecule has 0 aromatic carbocycles. The van der Waals surface area contributed by atoms with Crippen molar-refractivity contribution in [2.24, 2.45) is 10.9 Å². The number of aryl methyl sites for hydroxylation is 2. The first kappa shape index (κ1) is 21.5. The fraction of sp³-hybridized carbons (Fsp3) is 0.526. The van der Waals surface area contributed by atoms with Gasteiger partial charge in [-0.25, -0.2) is 15.0 Å². The number of hydrogen-bond donors (Lipinski definition) is 2. The molecule has 0 bridgehead atoms. The number of nitrogens with one attached hydrogen (secondary N) is 2. The molecule has 1 fully saturated rings. The van der Waals surface area contributed by atoms with E-state index in [2.05, 4.69) is 25.6 Å². The number of aliphatic imine (C=N–C) groups is 1. The summed E-state index contributed by atoms with van der Waals surface area (Å²) < 4.78 is 11.2. The minimum atomic E-state index is 0. The summed E-state index contributed by atoms with van der Waals surface area (Å²) in [6.45, 7) is 8.47. The van der Waals surface area contributed by atoms with Crippen LogP contribution in [0.25, 0.3) is 0 Å². The predicted molar refractivity (Wildman–Crippen MR) is 116 cm³/mol. The van der Waals surface area contributed by atoms with E-state index in [9.17, 15) is 0 Å². The van der Waals surface area contributed by atoms with Gasteiger partial charge in [-0.15, -0.1) is 24.0 Å². The molecule has 2 aromatic heterocycles. The fourth-order valence-corrected chi connectivity index (χ4v) is 2.36. The highest BCUT2D eigenvalue weighted by molar-refractivity contribution is 14.0. The first-order valence-electron chi connectivity index (χ1n) is 9.17. The van der Waals surface area contributed by atoms with Crippen molar-refractivity contribution in [3.05, 3.63) is 41.2 Å². The highest BCUT2D eigenvalue weighted by Crippen LogP contribution is 2.29. The van der Waals surface area contributed by atoms with Crippen LogP contribution in [-0.4, -0.2) is 29.1 Å². The molecular formula is C19H28IN5O2. The Kier molecular flexibility index (Phi) is 8.33. The van der Waals surface area contributed by atoms with Crippen molar-refractivity contribution in [1.82, 2.24) is 20.6 Å². The number of ether oxygens (including phenoxy) is 1. The van der Waals surface area contributed by atoms with E-state index in [1.165, 1.54) is 12.8 Å². The number of pyridine rings is 1. The number of guanidine groups is 1. The maximum atomic E-state index is 5.66. The van der Waals surface area contributed by atoms with Gasteiger partial charge in [0.1, 0.15) is 5.76 Å². The molecule has 3 rings (SSSR count). The van der Waals surface area contributed by atoms with Crippen molar-refractivity contribution in [1.29, 1.82) is 0 Å². The Morgan fingerprint density at radius 3 is 2.70 bits per heavy atom. The van der Waals surface area contributed by atoms with Gasteiger partial charge in [-0.05, 0) is 45.1 Å². The lowest BCUT2D eigenvalue weighted by molar-refractivity contribution is 0.288. The van der Waals surface area contributed by atoms with Crippen LogP contribution in [0.3, 0.4) is 0 Å². The van der Waals surface area contributed by atoms with E-state index in [1.54, 1.807) is 0 Å². The van der Waals surface area contributed by atoms with E-state index in [0.29, 0.717) is 24.9 Å². The van der Waals surface area contributed by atoms with Gasteiger partial charge in [0.25, 0.3) is 0 Å². The van der Waals surface area contributed by atoms with E-state index in [0.717, 1.165) is 42.0 Å². The number of oxazole rings is 1. The molecule has 27 heavy (non-hydrogen) atoms. The summed E-state index contributed by atoms with van der Waals surface area (Å²) in [5, 5.41) is 6.46. The summed E-state index contributed by atoms with van der Waals surface area (Å²) in [6.07, 6.45) is 4.37. The van der Waals surface area contributed by atoms with Gasteiger partial charge in [-0.2, -0.15) is 0 Å². The Morgan fingerprint density at radius 1 is 1.30 bits per heavy atom. The van der Waals surface area contributed by atoms with Gasteiger partial charge in [0.15, 0.2) is 5.96 Å². The average Bonchev–Trinajstić information content (AvgIpc) is 3.41. The van der Waals surface area contributed by atoms with Gasteiger partial charge >= 0.3 is 0 Å². The molecule has 8 heteroatoms. The normalized spacial score (nSPS) is 13.8. The lowest BCUT2D eigenvalue weighted by Crippen LogP contribution is -2.36. The maximum absolute atomic E-state index is 5.66. The Balaban J connectivity index is 0.00000261. The fourth-order valence-electron chi connectivity index (χ4n) is 2.36. The van der Waals surface area contributed by atoms with Crippen LogP contribution in [0.2, 0.25) is 0 Å². The molecule has 1 saturated carbocycles. The van der Waals surface area contributed by atoms with E-state index < -0.39 is 0 Å². The molecule has 2 aromatic rings. The molecule has 0 atom stereocenters. The standard InChI is InChI=1S/C19H27N5O2.HI/c1-4-20-19(23-11-18-24-13(2)14(3)26-18)22-10-16-7-8-17(21-9-16)25-12-15-5-6-15;/h7-9,15H,4-6,10-12H2,1-3H3,(H2,20,22,23);1H. The van der Waals surface area contributed by atoms with Gasteiger partial charge < -0.3 is 19.8 Å². The molecule has 1 aliphatic rings. The monoisotopic (exact) mass is 485 g/mol. The zero-order valence-electron chi connectivity index (χ0n) is 16.1. The zero-order valence-corrected chi connectivity index (χ0v) is 18.4. The molecule has 0 aliphatic heterocycles. The van der Waals surface area contributed by atoms with Crippen molar-refractivity contribution < 1.29 is 9.15 Å². The van der Waals surface area contributed by atoms with Gasteiger partial charge in [-0.3, -0.25) is 0 Å². The number of halogens is 1. The summed E-state index contributed by atoms with van der Waals surface area (Å²) in [4.78, 5) is 13.3. The zero-order chi connectivity index (χ0) is 18.4. The molecule has 148 valence electrons. The third kappa shape index (κ3) is 7.00. The van der Waals surface area contributed by atoms with Crippen LogP contribution in [0.4, 0.5) is 0 Å². The van der Waals surface area contributed by atoms with Gasteiger partial charge in [0, 0.05) is 18.8 Å². The van der Waals surface area contributed by atoms with Crippen molar-refractivity contribution in [3.63, 3.8) is 0 Å². The molecule has 2 N–H and O–H groups in total. The highest BCUT2D eigenvalue weighted by Gasteiger charge is 2.22. The maximum Gasteiger partial charge on any atom is 0.214 e. The van der Waals surface area contributed by atoms with Crippen molar-refractivity contribution in [2.45, 2.75) is 46.7 Å². The number of rotatable bonds is 8. The molecular weight excluding hydrogens is 457 g/mol. The Hall–Kier alpha value is -1.84. The first-order valence-corrected chi connectivity index (χ1v) is 9.17. The molecule has 1 aliphatic carbocycles. The lowest BCUT2D eigenvalue weighted by atomic mass is 10.3. The van der Waals surface area contributed by atoms with Crippen LogP contribution in [-0.2, 0) is 13.1 Å². The molecule has 0 saturated heterocycles. The topological polar surface area (TPSA) is 84.6 Å². The Bertz CT molecular complexity index is 722. The van der Waals surface area contributed by atoms with Crippen molar-refractivity contribution in [3.8, 4) is 5.88 Å². The summed E-state index contributed by atoms with van der Waals surface area (Å²) >= 11 is 0. The number of hydrogen-bond acceptors (Lipinski definition) is 5. The van der Waals surface area contributed by atoms with Crippen molar-refractivity contribution in [2.75, 3.05) is 13.2 Å². The van der Waals surface area contributed by atoms with Crippen LogP contribution in [0.5, 0.6) is 5.88 Å². The number of nitrogens with zero attached hydrogens (tertiary/aromatic N) is 3. The quantitative estimate of drug-likeness (QED) is 0.339. The molecule has 0 spiro atoms. The molecule has 0 unspecified atom stereocenters.